The fourth-order valence-corrected chi connectivity index (χ4v) is 2.74. The van der Waals surface area contributed by atoms with Gasteiger partial charge in [0.15, 0.2) is 0 Å². The third-order valence-electron chi connectivity index (χ3n) is 4.07. The van der Waals surface area contributed by atoms with Gasteiger partial charge in [-0.3, -0.25) is 0 Å². The van der Waals surface area contributed by atoms with Gasteiger partial charge >= 0.3 is 0 Å². The first-order chi connectivity index (χ1) is 8.34. The lowest BCUT2D eigenvalue weighted by Crippen LogP contribution is -2.34. The zero-order chi connectivity index (χ0) is 11.7. The molecule has 2 aliphatic rings. The molecule has 1 aromatic rings. The van der Waals surface area contributed by atoms with Crippen molar-refractivity contribution >= 4 is 0 Å². The maximum atomic E-state index is 6.30. The Bertz CT molecular complexity index is 386. The topological polar surface area (TPSA) is 35.2 Å². The first-order valence-corrected chi connectivity index (χ1v) is 6.79. The van der Waals surface area contributed by atoms with Crippen molar-refractivity contribution in [3.63, 3.8) is 0 Å². The summed E-state index contributed by atoms with van der Waals surface area (Å²) in [6, 6.07) is 8.58. The van der Waals surface area contributed by atoms with Gasteiger partial charge in [0.1, 0.15) is 0 Å². The van der Waals surface area contributed by atoms with Gasteiger partial charge in [-0.1, -0.05) is 37.1 Å². The molecule has 2 atom stereocenters. The van der Waals surface area contributed by atoms with E-state index in [0.717, 1.165) is 25.4 Å². The number of aryl methyl sites for hydroxylation is 1. The summed E-state index contributed by atoms with van der Waals surface area (Å²) in [6.45, 7) is 0.894. The minimum absolute atomic E-state index is 0.0687. The molecular weight excluding hydrogens is 210 g/mol. The van der Waals surface area contributed by atoms with Crippen molar-refractivity contribution in [1.29, 1.82) is 0 Å². The molecule has 1 saturated carbocycles. The standard InChI is InChI=1S/C15H21NO/c16-15-13-4-2-1-3-12(13)7-8-14(15)17-10-9-11-5-6-11/h1-4,11,14-15H,5-10,16H2. The Morgan fingerprint density at radius 1 is 1.18 bits per heavy atom. The highest BCUT2D eigenvalue weighted by molar-refractivity contribution is 5.33. The van der Waals surface area contributed by atoms with Gasteiger partial charge in [-0.15, -0.1) is 0 Å². The average Bonchev–Trinajstić information content (AvgIpc) is 3.17. The quantitative estimate of drug-likeness (QED) is 0.864. The van der Waals surface area contributed by atoms with Gasteiger partial charge < -0.3 is 10.5 Å². The third-order valence-corrected chi connectivity index (χ3v) is 4.07. The van der Waals surface area contributed by atoms with Crippen LogP contribution >= 0.6 is 0 Å². The molecular formula is C15H21NO. The van der Waals surface area contributed by atoms with Crippen LogP contribution in [-0.4, -0.2) is 12.7 Å². The fourth-order valence-electron chi connectivity index (χ4n) is 2.74. The molecule has 2 unspecified atom stereocenters. The Labute approximate surface area is 103 Å². The van der Waals surface area contributed by atoms with Crippen LogP contribution in [0.1, 0.15) is 42.9 Å². The fraction of sp³-hybridized carbons (Fsp3) is 0.600. The lowest BCUT2D eigenvalue weighted by atomic mass is 9.86. The highest BCUT2D eigenvalue weighted by Crippen LogP contribution is 2.34. The van der Waals surface area contributed by atoms with Crippen LogP contribution in [-0.2, 0) is 11.2 Å². The number of rotatable bonds is 4. The lowest BCUT2D eigenvalue weighted by molar-refractivity contribution is 0.0219. The molecule has 1 aromatic carbocycles. The van der Waals surface area contributed by atoms with Crippen LogP contribution in [0.4, 0.5) is 0 Å². The van der Waals surface area contributed by atoms with Crippen LogP contribution in [0.15, 0.2) is 24.3 Å². The number of fused-ring (bicyclic) bond motifs is 1. The Kier molecular flexibility index (Phi) is 3.17. The van der Waals surface area contributed by atoms with Gasteiger partial charge in [0, 0.05) is 6.61 Å². The molecule has 0 spiro atoms. The SMILES string of the molecule is NC1c2ccccc2CCC1OCCC1CC1. The lowest BCUT2D eigenvalue weighted by Gasteiger charge is -2.31. The molecule has 0 bridgehead atoms. The van der Waals surface area contributed by atoms with Crippen LogP contribution in [0, 0.1) is 5.92 Å². The molecule has 0 amide bonds. The van der Waals surface area contributed by atoms with Crippen molar-refractivity contribution in [3.05, 3.63) is 35.4 Å². The molecule has 0 heterocycles. The van der Waals surface area contributed by atoms with E-state index >= 15 is 0 Å². The second kappa shape index (κ2) is 4.79. The van der Waals surface area contributed by atoms with Gasteiger partial charge in [0.25, 0.3) is 0 Å². The van der Waals surface area contributed by atoms with E-state index < -0.39 is 0 Å². The van der Waals surface area contributed by atoms with E-state index in [1.54, 1.807) is 0 Å². The largest absolute Gasteiger partial charge is 0.376 e. The summed E-state index contributed by atoms with van der Waals surface area (Å²) in [6.07, 6.45) is 6.45. The van der Waals surface area contributed by atoms with E-state index in [2.05, 4.69) is 24.3 Å². The first-order valence-electron chi connectivity index (χ1n) is 6.79. The number of benzene rings is 1. The van der Waals surface area contributed by atoms with E-state index in [9.17, 15) is 0 Å². The van der Waals surface area contributed by atoms with E-state index in [0.29, 0.717) is 0 Å². The molecule has 17 heavy (non-hydrogen) atoms. The normalized spacial score (nSPS) is 27.8. The molecule has 2 N–H and O–H groups in total. The highest BCUT2D eigenvalue weighted by atomic mass is 16.5. The van der Waals surface area contributed by atoms with Crippen molar-refractivity contribution < 1.29 is 4.74 Å². The molecule has 3 rings (SSSR count). The molecule has 0 radical (unpaired) electrons. The van der Waals surface area contributed by atoms with Gasteiger partial charge in [-0.25, -0.2) is 0 Å². The van der Waals surface area contributed by atoms with E-state index in [-0.39, 0.29) is 12.1 Å². The molecule has 1 fully saturated rings. The molecule has 92 valence electrons. The number of nitrogens with two attached hydrogens (primary N) is 1. The Morgan fingerprint density at radius 3 is 2.82 bits per heavy atom. The highest BCUT2D eigenvalue weighted by Gasteiger charge is 2.28. The summed E-state index contributed by atoms with van der Waals surface area (Å²) in [7, 11) is 0. The molecule has 2 aliphatic carbocycles. The minimum Gasteiger partial charge on any atom is -0.376 e. The maximum Gasteiger partial charge on any atom is 0.0770 e. The summed E-state index contributed by atoms with van der Waals surface area (Å²) in [5.74, 6) is 0.946. The maximum absolute atomic E-state index is 6.30. The van der Waals surface area contributed by atoms with Crippen molar-refractivity contribution in [3.8, 4) is 0 Å². The molecule has 0 saturated heterocycles. The summed E-state index contributed by atoms with van der Waals surface area (Å²) in [5.41, 5.74) is 8.99. The van der Waals surface area contributed by atoms with Crippen molar-refractivity contribution in [2.75, 3.05) is 6.61 Å². The summed E-state index contributed by atoms with van der Waals surface area (Å²) >= 11 is 0. The van der Waals surface area contributed by atoms with Crippen molar-refractivity contribution in [2.45, 2.75) is 44.2 Å². The average molecular weight is 231 g/mol. The molecule has 0 aromatic heterocycles. The molecule has 2 nitrogen and oxygen atoms in total. The van der Waals surface area contributed by atoms with Gasteiger partial charge in [-0.05, 0) is 36.3 Å². The van der Waals surface area contributed by atoms with E-state index in [4.69, 9.17) is 10.5 Å². The van der Waals surface area contributed by atoms with Crippen LogP contribution in [0.5, 0.6) is 0 Å². The van der Waals surface area contributed by atoms with Gasteiger partial charge in [0.05, 0.1) is 12.1 Å². The summed E-state index contributed by atoms with van der Waals surface area (Å²) < 4.78 is 5.98. The summed E-state index contributed by atoms with van der Waals surface area (Å²) in [4.78, 5) is 0. The molecule has 2 heteroatoms. The smallest absolute Gasteiger partial charge is 0.0770 e. The monoisotopic (exact) mass is 231 g/mol. The number of ether oxygens (including phenoxy) is 1. The second-order valence-electron chi connectivity index (χ2n) is 5.40. The first kappa shape index (κ1) is 11.2. The van der Waals surface area contributed by atoms with Crippen molar-refractivity contribution in [1.82, 2.24) is 0 Å². The predicted octanol–water partition coefficient (Wildman–Crippen LogP) is 2.82. The van der Waals surface area contributed by atoms with Crippen LogP contribution < -0.4 is 5.73 Å². The van der Waals surface area contributed by atoms with Crippen LogP contribution in [0.3, 0.4) is 0 Å². The van der Waals surface area contributed by atoms with Crippen LogP contribution in [0.25, 0.3) is 0 Å². The van der Waals surface area contributed by atoms with Crippen molar-refractivity contribution in [2.24, 2.45) is 11.7 Å². The number of hydrogen-bond donors (Lipinski definition) is 1. The molecule has 0 aliphatic heterocycles. The third kappa shape index (κ3) is 2.53. The number of hydrogen-bond acceptors (Lipinski definition) is 2. The second-order valence-corrected chi connectivity index (χ2v) is 5.40. The zero-order valence-electron chi connectivity index (χ0n) is 10.3. The summed E-state index contributed by atoms with van der Waals surface area (Å²) in [5, 5.41) is 0. The van der Waals surface area contributed by atoms with Gasteiger partial charge in [0.2, 0.25) is 0 Å². The minimum atomic E-state index is 0.0687. The van der Waals surface area contributed by atoms with E-state index in [1.807, 2.05) is 0 Å². The predicted molar refractivity (Wildman–Crippen MR) is 68.8 cm³/mol. The zero-order valence-corrected chi connectivity index (χ0v) is 10.3. The Balaban J connectivity index is 1.60. The van der Waals surface area contributed by atoms with Crippen LogP contribution in [0.2, 0.25) is 0 Å². The Hall–Kier alpha value is -0.860. The van der Waals surface area contributed by atoms with Gasteiger partial charge in [-0.2, -0.15) is 0 Å². The Morgan fingerprint density at radius 2 is 2.00 bits per heavy atom. The van der Waals surface area contributed by atoms with E-state index in [1.165, 1.54) is 30.4 Å².